The fourth-order valence-corrected chi connectivity index (χ4v) is 4.18. The van der Waals surface area contributed by atoms with E-state index in [1.807, 2.05) is 0 Å². The van der Waals surface area contributed by atoms with Crippen LogP contribution >= 0.6 is 15.9 Å². The SMILES string of the molecule is CCn1nc(CN(C)CC2CC(Br)C2)c2ccccc21. The summed E-state index contributed by atoms with van der Waals surface area (Å²) < 4.78 is 2.11. The maximum Gasteiger partial charge on any atom is 0.0843 e. The molecule has 0 saturated heterocycles. The maximum atomic E-state index is 4.78. The van der Waals surface area contributed by atoms with E-state index in [0.717, 1.165) is 23.8 Å². The summed E-state index contributed by atoms with van der Waals surface area (Å²) in [5, 5.41) is 6.08. The Balaban J connectivity index is 1.73. The Morgan fingerprint density at radius 1 is 1.35 bits per heavy atom. The lowest BCUT2D eigenvalue weighted by Gasteiger charge is -2.34. The number of hydrogen-bond donors (Lipinski definition) is 0. The number of rotatable bonds is 5. The third-order valence-corrected chi connectivity index (χ3v) is 4.95. The molecule has 1 aliphatic rings. The van der Waals surface area contributed by atoms with Gasteiger partial charge >= 0.3 is 0 Å². The zero-order valence-electron chi connectivity index (χ0n) is 12.2. The lowest BCUT2D eigenvalue weighted by molar-refractivity contribution is 0.207. The molecule has 4 heteroatoms. The van der Waals surface area contributed by atoms with Crippen LogP contribution in [0.5, 0.6) is 0 Å². The first-order valence-corrected chi connectivity index (χ1v) is 8.36. The Bertz CT molecular complexity index is 586. The van der Waals surface area contributed by atoms with Crippen LogP contribution in [0.3, 0.4) is 0 Å². The molecular formula is C16H22BrN3. The summed E-state index contributed by atoms with van der Waals surface area (Å²) in [7, 11) is 2.21. The van der Waals surface area contributed by atoms with Crippen LogP contribution < -0.4 is 0 Å². The molecule has 0 aliphatic heterocycles. The van der Waals surface area contributed by atoms with Gasteiger partial charge in [0.1, 0.15) is 0 Å². The minimum Gasteiger partial charge on any atom is -0.300 e. The van der Waals surface area contributed by atoms with Gasteiger partial charge in [0.05, 0.1) is 11.2 Å². The lowest BCUT2D eigenvalue weighted by atomic mass is 9.85. The molecular weight excluding hydrogens is 314 g/mol. The summed E-state index contributed by atoms with van der Waals surface area (Å²) in [6, 6.07) is 8.55. The smallest absolute Gasteiger partial charge is 0.0843 e. The van der Waals surface area contributed by atoms with E-state index in [-0.39, 0.29) is 0 Å². The van der Waals surface area contributed by atoms with Gasteiger partial charge in [0, 0.05) is 29.8 Å². The van der Waals surface area contributed by atoms with Gasteiger partial charge in [0.25, 0.3) is 0 Å². The highest BCUT2D eigenvalue weighted by Gasteiger charge is 2.27. The van der Waals surface area contributed by atoms with E-state index < -0.39 is 0 Å². The van der Waals surface area contributed by atoms with E-state index >= 15 is 0 Å². The van der Waals surface area contributed by atoms with Crippen molar-refractivity contribution in [3.8, 4) is 0 Å². The number of benzene rings is 1. The molecule has 0 N–H and O–H groups in total. The Morgan fingerprint density at radius 2 is 2.10 bits per heavy atom. The van der Waals surface area contributed by atoms with Gasteiger partial charge in [-0.05, 0) is 38.8 Å². The van der Waals surface area contributed by atoms with Gasteiger partial charge in [-0.25, -0.2) is 0 Å². The van der Waals surface area contributed by atoms with E-state index in [0.29, 0.717) is 0 Å². The summed E-state index contributed by atoms with van der Waals surface area (Å²) in [6.07, 6.45) is 2.63. The van der Waals surface area contributed by atoms with Gasteiger partial charge < -0.3 is 4.90 Å². The van der Waals surface area contributed by atoms with Crippen molar-refractivity contribution < 1.29 is 0 Å². The highest BCUT2D eigenvalue weighted by molar-refractivity contribution is 9.09. The van der Waals surface area contributed by atoms with Crippen molar-refractivity contribution in [3.63, 3.8) is 0 Å². The third-order valence-electron chi connectivity index (χ3n) is 4.20. The number of hydrogen-bond acceptors (Lipinski definition) is 2. The highest BCUT2D eigenvalue weighted by Crippen LogP contribution is 2.33. The van der Waals surface area contributed by atoms with Gasteiger partial charge in [-0.1, -0.05) is 34.1 Å². The lowest BCUT2D eigenvalue weighted by Crippen LogP contribution is -2.34. The maximum absolute atomic E-state index is 4.78. The summed E-state index contributed by atoms with van der Waals surface area (Å²) in [5.74, 6) is 0.851. The summed E-state index contributed by atoms with van der Waals surface area (Å²) in [4.78, 5) is 3.17. The predicted molar refractivity (Wildman–Crippen MR) is 87.2 cm³/mol. The second-order valence-corrected chi connectivity index (χ2v) is 7.21. The molecule has 20 heavy (non-hydrogen) atoms. The number of nitrogens with zero attached hydrogens (tertiary/aromatic N) is 3. The van der Waals surface area contributed by atoms with Crippen molar-refractivity contribution in [2.45, 2.75) is 37.7 Å². The molecule has 1 aromatic carbocycles. The molecule has 1 saturated carbocycles. The van der Waals surface area contributed by atoms with Crippen molar-refractivity contribution in [2.24, 2.45) is 5.92 Å². The second kappa shape index (κ2) is 5.86. The Kier molecular flexibility index (Phi) is 4.13. The van der Waals surface area contributed by atoms with E-state index in [2.05, 4.69) is 63.7 Å². The summed E-state index contributed by atoms with van der Waals surface area (Å²) in [5.41, 5.74) is 2.46. The molecule has 1 aromatic heterocycles. The van der Waals surface area contributed by atoms with Crippen molar-refractivity contribution in [1.29, 1.82) is 0 Å². The van der Waals surface area contributed by atoms with Crippen LogP contribution in [0, 0.1) is 5.92 Å². The van der Waals surface area contributed by atoms with Crippen molar-refractivity contribution in [2.75, 3.05) is 13.6 Å². The summed E-state index contributed by atoms with van der Waals surface area (Å²) in [6.45, 7) is 5.20. The fraction of sp³-hybridized carbons (Fsp3) is 0.562. The highest BCUT2D eigenvalue weighted by atomic mass is 79.9. The van der Waals surface area contributed by atoms with Crippen LogP contribution in [0.25, 0.3) is 10.9 Å². The normalized spacial score (nSPS) is 22.4. The number of para-hydroxylation sites is 1. The van der Waals surface area contributed by atoms with Crippen LogP contribution in [0.15, 0.2) is 24.3 Å². The van der Waals surface area contributed by atoms with E-state index in [9.17, 15) is 0 Å². The first-order valence-electron chi connectivity index (χ1n) is 7.44. The topological polar surface area (TPSA) is 21.1 Å². The molecule has 0 amide bonds. The fourth-order valence-electron chi connectivity index (χ4n) is 3.12. The van der Waals surface area contributed by atoms with Gasteiger partial charge in [0.2, 0.25) is 0 Å². The van der Waals surface area contributed by atoms with Crippen LogP contribution in [-0.2, 0) is 13.1 Å². The van der Waals surface area contributed by atoms with Gasteiger partial charge in [-0.15, -0.1) is 0 Å². The molecule has 0 atom stereocenters. The number of alkyl halides is 1. The van der Waals surface area contributed by atoms with Gasteiger partial charge in [-0.3, -0.25) is 4.68 Å². The molecule has 108 valence electrons. The molecule has 3 rings (SSSR count). The zero-order chi connectivity index (χ0) is 14.1. The zero-order valence-corrected chi connectivity index (χ0v) is 13.8. The van der Waals surface area contributed by atoms with Crippen LogP contribution in [0.1, 0.15) is 25.5 Å². The predicted octanol–water partition coefficient (Wildman–Crippen LogP) is 3.66. The summed E-state index contributed by atoms with van der Waals surface area (Å²) >= 11 is 3.67. The van der Waals surface area contributed by atoms with E-state index in [1.54, 1.807) is 0 Å². The molecule has 3 nitrogen and oxygen atoms in total. The minimum atomic E-state index is 0.751. The quantitative estimate of drug-likeness (QED) is 0.777. The third kappa shape index (κ3) is 2.77. The number of aromatic nitrogens is 2. The van der Waals surface area contributed by atoms with E-state index in [1.165, 1.54) is 36.0 Å². The standard InChI is InChI=1S/C16H22BrN3/c1-3-20-16-7-5-4-6-14(16)15(18-20)11-19(2)10-12-8-13(17)9-12/h4-7,12-13H,3,8-11H2,1-2H3. The molecule has 2 aromatic rings. The Labute approximate surface area is 129 Å². The number of halogens is 1. The average Bonchev–Trinajstić information content (AvgIpc) is 2.75. The molecule has 1 aliphatic carbocycles. The molecule has 0 unspecified atom stereocenters. The molecule has 0 bridgehead atoms. The number of fused-ring (bicyclic) bond motifs is 1. The van der Waals surface area contributed by atoms with Crippen molar-refractivity contribution >= 4 is 26.8 Å². The second-order valence-electron chi connectivity index (χ2n) is 5.91. The largest absolute Gasteiger partial charge is 0.300 e. The van der Waals surface area contributed by atoms with E-state index in [4.69, 9.17) is 5.10 Å². The first-order chi connectivity index (χ1) is 9.67. The van der Waals surface area contributed by atoms with Crippen LogP contribution in [0.2, 0.25) is 0 Å². The molecule has 0 radical (unpaired) electrons. The minimum absolute atomic E-state index is 0.751. The average molecular weight is 336 g/mol. The molecule has 1 heterocycles. The van der Waals surface area contributed by atoms with Crippen molar-refractivity contribution in [1.82, 2.24) is 14.7 Å². The van der Waals surface area contributed by atoms with Gasteiger partial charge in [0.15, 0.2) is 0 Å². The van der Waals surface area contributed by atoms with Gasteiger partial charge in [-0.2, -0.15) is 5.10 Å². The van der Waals surface area contributed by atoms with Crippen LogP contribution in [-0.4, -0.2) is 33.1 Å². The molecule has 0 spiro atoms. The molecule has 1 fully saturated rings. The Morgan fingerprint density at radius 3 is 2.80 bits per heavy atom. The number of aryl methyl sites for hydroxylation is 1. The first kappa shape index (κ1) is 14.1. The Hall–Kier alpha value is -0.870. The monoisotopic (exact) mass is 335 g/mol. The van der Waals surface area contributed by atoms with Crippen molar-refractivity contribution in [3.05, 3.63) is 30.0 Å². The van der Waals surface area contributed by atoms with Crippen LogP contribution in [0.4, 0.5) is 0 Å².